The second-order valence-corrected chi connectivity index (χ2v) is 4.48. The molecule has 4 nitrogen and oxygen atoms in total. The molecule has 1 fully saturated rings. The van der Waals surface area contributed by atoms with Crippen LogP contribution in [0.3, 0.4) is 0 Å². The third-order valence-electron chi connectivity index (χ3n) is 3.30. The standard InChI is InChI=1S/C13H16N2O2/c1-9-5-11-12(6-10(9)2)15(8-14-11)13-7-16-3-4-17-13/h5-6,8,13H,3-4,7H2,1-2H3. The van der Waals surface area contributed by atoms with Crippen LogP contribution in [-0.4, -0.2) is 29.4 Å². The Balaban J connectivity index is 2.07. The van der Waals surface area contributed by atoms with Crippen LogP contribution in [0.25, 0.3) is 11.0 Å². The highest BCUT2D eigenvalue weighted by molar-refractivity contribution is 5.77. The molecule has 1 atom stereocenters. The van der Waals surface area contributed by atoms with E-state index < -0.39 is 0 Å². The van der Waals surface area contributed by atoms with Gasteiger partial charge in [0.15, 0.2) is 6.23 Å². The van der Waals surface area contributed by atoms with Gasteiger partial charge in [0, 0.05) is 0 Å². The molecule has 1 saturated heterocycles. The molecule has 0 radical (unpaired) electrons. The van der Waals surface area contributed by atoms with E-state index in [9.17, 15) is 0 Å². The van der Waals surface area contributed by atoms with Crippen molar-refractivity contribution in [3.05, 3.63) is 29.6 Å². The van der Waals surface area contributed by atoms with Crippen molar-refractivity contribution in [3.63, 3.8) is 0 Å². The fraction of sp³-hybridized carbons (Fsp3) is 0.462. The number of nitrogens with zero attached hydrogens (tertiary/aromatic N) is 2. The minimum Gasteiger partial charge on any atom is -0.374 e. The molecular weight excluding hydrogens is 216 g/mol. The lowest BCUT2D eigenvalue weighted by Gasteiger charge is -2.24. The molecule has 0 amide bonds. The van der Waals surface area contributed by atoms with Crippen LogP contribution in [0.2, 0.25) is 0 Å². The van der Waals surface area contributed by atoms with Crippen molar-refractivity contribution in [1.29, 1.82) is 0 Å². The SMILES string of the molecule is Cc1cc2ncn(C3COCCO3)c2cc1C. The number of rotatable bonds is 1. The molecule has 90 valence electrons. The van der Waals surface area contributed by atoms with Gasteiger partial charge in [-0.3, -0.25) is 0 Å². The normalized spacial score (nSPS) is 20.9. The summed E-state index contributed by atoms with van der Waals surface area (Å²) < 4.78 is 13.2. The van der Waals surface area contributed by atoms with Gasteiger partial charge >= 0.3 is 0 Å². The Hall–Kier alpha value is -1.39. The average molecular weight is 232 g/mol. The van der Waals surface area contributed by atoms with Gasteiger partial charge in [0.2, 0.25) is 0 Å². The lowest BCUT2D eigenvalue weighted by molar-refractivity contribution is -0.120. The first-order valence-electron chi connectivity index (χ1n) is 5.89. The maximum absolute atomic E-state index is 5.70. The maximum Gasteiger partial charge on any atom is 0.158 e. The van der Waals surface area contributed by atoms with Gasteiger partial charge in [-0.25, -0.2) is 4.98 Å². The van der Waals surface area contributed by atoms with Crippen molar-refractivity contribution in [2.45, 2.75) is 20.1 Å². The van der Waals surface area contributed by atoms with E-state index in [1.807, 2.05) is 6.33 Å². The molecule has 1 unspecified atom stereocenters. The first kappa shape index (κ1) is 10.7. The first-order chi connectivity index (χ1) is 8.25. The van der Waals surface area contributed by atoms with E-state index in [2.05, 4.69) is 35.5 Å². The molecule has 1 aromatic heterocycles. The van der Waals surface area contributed by atoms with Gasteiger partial charge in [-0.2, -0.15) is 0 Å². The molecular formula is C13H16N2O2. The highest BCUT2D eigenvalue weighted by Crippen LogP contribution is 2.23. The van der Waals surface area contributed by atoms with Crippen LogP contribution >= 0.6 is 0 Å². The summed E-state index contributed by atoms with van der Waals surface area (Å²) in [6.07, 6.45) is 1.79. The van der Waals surface area contributed by atoms with Crippen LogP contribution in [0.5, 0.6) is 0 Å². The number of aromatic nitrogens is 2. The Morgan fingerprint density at radius 2 is 2.06 bits per heavy atom. The molecule has 3 rings (SSSR count). The van der Waals surface area contributed by atoms with Crippen LogP contribution in [-0.2, 0) is 9.47 Å². The van der Waals surface area contributed by atoms with Gasteiger partial charge in [0.25, 0.3) is 0 Å². The molecule has 2 aromatic rings. The van der Waals surface area contributed by atoms with Gasteiger partial charge in [0.05, 0.1) is 37.2 Å². The van der Waals surface area contributed by atoms with E-state index in [0.717, 1.165) is 11.0 Å². The second-order valence-electron chi connectivity index (χ2n) is 4.48. The van der Waals surface area contributed by atoms with E-state index in [1.54, 1.807) is 0 Å². The number of hydrogen-bond acceptors (Lipinski definition) is 3. The fourth-order valence-corrected chi connectivity index (χ4v) is 2.15. The summed E-state index contributed by atoms with van der Waals surface area (Å²) in [6.45, 7) is 6.15. The highest BCUT2D eigenvalue weighted by atomic mass is 16.6. The molecule has 0 saturated carbocycles. The van der Waals surface area contributed by atoms with Crippen LogP contribution in [0, 0.1) is 13.8 Å². The number of benzene rings is 1. The van der Waals surface area contributed by atoms with Gasteiger partial charge in [-0.15, -0.1) is 0 Å². The molecule has 0 spiro atoms. The Kier molecular flexibility index (Phi) is 2.61. The van der Waals surface area contributed by atoms with E-state index in [1.165, 1.54) is 11.1 Å². The summed E-state index contributed by atoms with van der Waals surface area (Å²) in [5, 5.41) is 0. The lowest BCUT2D eigenvalue weighted by atomic mass is 10.1. The van der Waals surface area contributed by atoms with Crippen molar-refractivity contribution in [3.8, 4) is 0 Å². The summed E-state index contributed by atoms with van der Waals surface area (Å²) in [5.74, 6) is 0. The van der Waals surface area contributed by atoms with Crippen molar-refractivity contribution in [2.75, 3.05) is 19.8 Å². The monoisotopic (exact) mass is 232 g/mol. The summed E-state index contributed by atoms with van der Waals surface area (Å²) in [5.41, 5.74) is 4.67. The predicted molar refractivity (Wildman–Crippen MR) is 65.0 cm³/mol. The van der Waals surface area contributed by atoms with E-state index in [-0.39, 0.29) is 6.23 Å². The quantitative estimate of drug-likeness (QED) is 0.756. The van der Waals surface area contributed by atoms with Crippen LogP contribution in [0.15, 0.2) is 18.5 Å². The minimum absolute atomic E-state index is 0.0455. The Labute approximate surface area is 100 Å². The number of ether oxygens (including phenoxy) is 2. The minimum atomic E-state index is -0.0455. The Morgan fingerprint density at radius 3 is 2.82 bits per heavy atom. The summed E-state index contributed by atoms with van der Waals surface area (Å²) in [6, 6.07) is 4.28. The smallest absolute Gasteiger partial charge is 0.158 e. The zero-order chi connectivity index (χ0) is 11.8. The Bertz CT molecular complexity index is 542. The molecule has 1 aliphatic heterocycles. The third-order valence-corrected chi connectivity index (χ3v) is 3.30. The van der Waals surface area contributed by atoms with Crippen molar-refractivity contribution < 1.29 is 9.47 Å². The summed E-state index contributed by atoms with van der Waals surface area (Å²) in [4.78, 5) is 4.42. The summed E-state index contributed by atoms with van der Waals surface area (Å²) >= 11 is 0. The van der Waals surface area contributed by atoms with Crippen molar-refractivity contribution in [2.24, 2.45) is 0 Å². The van der Waals surface area contributed by atoms with E-state index in [4.69, 9.17) is 9.47 Å². The largest absolute Gasteiger partial charge is 0.374 e. The number of hydrogen-bond donors (Lipinski definition) is 0. The van der Waals surface area contributed by atoms with Crippen LogP contribution < -0.4 is 0 Å². The van der Waals surface area contributed by atoms with Gasteiger partial charge in [0.1, 0.15) is 0 Å². The van der Waals surface area contributed by atoms with Crippen molar-refractivity contribution in [1.82, 2.24) is 9.55 Å². The molecule has 0 N–H and O–H groups in total. The fourth-order valence-electron chi connectivity index (χ4n) is 2.15. The van der Waals surface area contributed by atoms with Crippen LogP contribution in [0.4, 0.5) is 0 Å². The second kappa shape index (κ2) is 4.13. The number of imidazole rings is 1. The average Bonchev–Trinajstić information content (AvgIpc) is 2.74. The number of aryl methyl sites for hydroxylation is 2. The van der Waals surface area contributed by atoms with E-state index >= 15 is 0 Å². The zero-order valence-corrected chi connectivity index (χ0v) is 10.1. The van der Waals surface area contributed by atoms with E-state index in [0.29, 0.717) is 19.8 Å². The molecule has 0 aliphatic carbocycles. The predicted octanol–water partition coefficient (Wildman–Crippen LogP) is 2.20. The first-order valence-corrected chi connectivity index (χ1v) is 5.89. The number of fused-ring (bicyclic) bond motifs is 1. The third kappa shape index (κ3) is 1.83. The topological polar surface area (TPSA) is 36.3 Å². The lowest BCUT2D eigenvalue weighted by Crippen LogP contribution is -2.26. The van der Waals surface area contributed by atoms with Crippen molar-refractivity contribution >= 4 is 11.0 Å². The van der Waals surface area contributed by atoms with Gasteiger partial charge < -0.3 is 14.0 Å². The van der Waals surface area contributed by atoms with Gasteiger partial charge in [-0.1, -0.05) is 0 Å². The zero-order valence-electron chi connectivity index (χ0n) is 10.1. The molecule has 1 aliphatic rings. The maximum atomic E-state index is 5.70. The Morgan fingerprint density at radius 1 is 1.24 bits per heavy atom. The van der Waals surface area contributed by atoms with Crippen LogP contribution in [0.1, 0.15) is 17.4 Å². The summed E-state index contributed by atoms with van der Waals surface area (Å²) in [7, 11) is 0. The molecule has 0 bridgehead atoms. The highest BCUT2D eigenvalue weighted by Gasteiger charge is 2.18. The molecule has 17 heavy (non-hydrogen) atoms. The van der Waals surface area contributed by atoms with Gasteiger partial charge in [-0.05, 0) is 37.1 Å². The molecule has 4 heteroatoms. The molecule has 2 heterocycles. The molecule has 1 aromatic carbocycles.